The van der Waals surface area contributed by atoms with Gasteiger partial charge in [0.15, 0.2) is 5.15 Å². The maximum absolute atomic E-state index is 9.12. The molecule has 114 valence electrons. The van der Waals surface area contributed by atoms with Gasteiger partial charge in [-0.3, -0.25) is 0 Å². The molecule has 1 aromatic carbocycles. The van der Waals surface area contributed by atoms with E-state index >= 15 is 0 Å². The van der Waals surface area contributed by atoms with Gasteiger partial charge >= 0.3 is 0 Å². The van der Waals surface area contributed by atoms with E-state index in [2.05, 4.69) is 22.2 Å². The van der Waals surface area contributed by atoms with Crippen molar-refractivity contribution in [3.05, 3.63) is 52.1 Å². The minimum absolute atomic E-state index is 0.0704. The number of hydrogen-bond donors (Lipinski definition) is 3. The van der Waals surface area contributed by atoms with Crippen molar-refractivity contribution in [1.82, 2.24) is 15.3 Å². The topological polar surface area (TPSA) is 60.9 Å². The number of unbranched alkanes of at least 4 members (excludes halogenated alkanes) is 1. The third-order valence-corrected chi connectivity index (χ3v) is 3.66. The molecular weight excluding hydrogens is 286 g/mol. The molecule has 1 heterocycles. The summed E-state index contributed by atoms with van der Waals surface area (Å²) in [6.07, 6.45) is 3.20. The molecular formula is C16H22ClN3O. The first-order valence-electron chi connectivity index (χ1n) is 7.35. The summed E-state index contributed by atoms with van der Waals surface area (Å²) in [4.78, 5) is 7.62. The number of aromatic amines is 1. The van der Waals surface area contributed by atoms with Gasteiger partial charge in [0.25, 0.3) is 0 Å². The summed E-state index contributed by atoms with van der Waals surface area (Å²) >= 11 is 6.14. The highest BCUT2D eigenvalue weighted by Crippen LogP contribution is 2.14. The molecule has 1 aromatic heterocycles. The van der Waals surface area contributed by atoms with Crippen LogP contribution in [0.25, 0.3) is 0 Å². The maximum atomic E-state index is 9.12. The van der Waals surface area contributed by atoms with E-state index in [0.29, 0.717) is 11.7 Å². The summed E-state index contributed by atoms with van der Waals surface area (Å²) in [5, 5.41) is 13.0. The zero-order chi connectivity index (χ0) is 15.1. The maximum Gasteiger partial charge on any atom is 0.151 e. The van der Waals surface area contributed by atoms with Crippen LogP contribution in [0.1, 0.15) is 42.4 Å². The number of nitrogens with zero attached hydrogens (tertiary/aromatic N) is 1. The predicted octanol–water partition coefficient (Wildman–Crippen LogP) is 3.19. The number of imidazole rings is 1. The number of nitrogens with one attached hydrogen (secondary N) is 2. The second-order valence-electron chi connectivity index (χ2n) is 5.14. The number of aliphatic hydroxyl groups excluding tert-OH is 1. The molecule has 0 radical (unpaired) electrons. The third kappa shape index (κ3) is 4.84. The zero-order valence-corrected chi connectivity index (χ0v) is 13.1. The Kier molecular flexibility index (Phi) is 6.23. The standard InChI is InChI=1S/C16H22ClN3O/c1-2-3-7-15-19-14(16(17)20-15)10-18-9-12-5-4-6-13(8-12)11-21/h4-6,8,18,21H,2-3,7,9-11H2,1H3,(H,19,20). The molecule has 0 atom stereocenters. The van der Waals surface area contributed by atoms with Crippen molar-refractivity contribution in [2.75, 3.05) is 0 Å². The van der Waals surface area contributed by atoms with Crippen LogP contribution in [0.15, 0.2) is 24.3 Å². The molecule has 0 aliphatic carbocycles. The summed E-state index contributed by atoms with van der Waals surface area (Å²) in [6, 6.07) is 7.89. The van der Waals surface area contributed by atoms with Crippen molar-refractivity contribution in [2.45, 2.75) is 45.9 Å². The highest BCUT2D eigenvalue weighted by Gasteiger charge is 2.07. The van der Waals surface area contributed by atoms with Crippen LogP contribution in [0.5, 0.6) is 0 Å². The van der Waals surface area contributed by atoms with Crippen molar-refractivity contribution in [3.63, 3.8) is 0 Å². The van der Waals surface area contributed by atoms with Crippen LogP contribution >= 0.6 is 11.6 Å². The Labute approximate surface area is 130 Å². The molecule has 21 heavy (non-hydrogen) atoms. The molecule has 4 nitrogen and oxygen atoms in total. The first kappa shape index (κ1) is 16.0. The summed E-state index contributed by atoms with van der Waals surface area (Å²) in [6.45, 7) is 3.61. The Bertz CT molecular complexity index is 568. The number of halogens is 1. The third-order valence-electron chi connectivity index (χ3n) is 3.35. The van der Waals surface area contributed by atoms with Crippen LogP contribution in [-0.2, 0) is 26.1 Å². The number of aromatic nitrogens is 2. The molecule has 0 spiro atoms. The van der Waals surface area contributed by atoms with Gasteiger partial charge in [0.05, 0.1) is 12.3 Å². The van der Waals surface area contributed by atoms with E-state index in [9.17, 15) is 0 Å². The van der Waals surface area contributed by atoms with Crippen LogP contribution in [0, 0.1) is 0 Å². The summed E-state index contributed by atoms with van der Waals surface area (Å²) in [5.74, 6) is 0.959. The average Bonchev–Trinajstić information content (AvgIpc) is 2.86. The summed E-state index contributed by atoms with van der Waals surface area (Å²) < 4.78 is 0. The fourth-order valence-corrected chi connectivity index (χ4v) is 2.41. The molecule has 2 aromatic rings. The second-order valence-corrected chi connectivity index (χ2v) is 5.50. The molecule has 0 unspecified atom stereocenters. The molecule has 0 saturated carbocycles. The lowest BCUT2D eigenvalue weighted by atomic mass is 10.1. The normalized spacial score (nSPS) is 11.0. The van der Waals surface area contributed by atoms with Gasteiger partial charge in [-0.15, -0.1) is 0 Å². The Morgan fingerprint density at radius 2 is 2.10 bits per heavy atom. The average molecular weight is 308 g/mol. The van der Waals surface area contributed by atoms with E-state index in [0.717, 1.165) is 48.5 Å². The Hall–Kier alpha value is -1.36. The van der Waals surface area contributed by atoms with Crippen molar-refractivity contribution in [3.8, 4) is 0 Å². The highest BCUT2D eigenvalue weighted by molar-refractivity contribution is 6.30. The monoisotopic (exact) mass is 307 g/mol. The minimum atomic E-state index is 0.0704. The molecule has 5 heteroatoms. The van der Waals surface area contributed by atoms with Gasteiger partial charge < -0.3 is 15.4 Å². The van der Waals surface area contributed by atoms with Crippen molar-refractivity contribution < 1.29 is 5.11 Å². The lowest BCUT2D eigenvalue weighted by Crippen LogP contribution is -2.13. The second kappa shape index (κ2) is 8.17. The zero-order valence-electron chi connectivity index (χ0n) is 12.3. The molecule has 0 saturated heterocycles. The van der Waals surface area contributed by atoms with E-state index in [1.807, 2.05) is 24.3 Å². The van der Waals surface area contributed by atoms with Crippen LogP contribution in [0.3, 0.4) is 0 Å². The van der Waals surface area contributed by atoms with Crippen LogP contribution in [-0.4, -0.2) is 15.1 Å². The van der Waals surface area contributed by atoms with E-state index < -0.39 is 0 Å². The number of rotatable bonds is 8. The Morgan fingerprint density at radius 3 is 2.86 bits per heavy atom. The van der Waals surface area contributed by atoms with Crippen LogP contribution in [0.2, 0.25) is 5.15 Å². The number of H-pyrrole nitrogens is 1. The molecule has 0 bridgehead atoms. The highest BCUT2D eigenvalue weighted by atomic mass is 35.5. The van der Waals surface area contributed by atoms with Crippen molar-refractivity contribution in [1.29, 1.82) is 0 Å². The van der Waals surface area contributed by atoms with Gasteiger partial charge in [0.2, 0.25) is 0 Å². The van der Waals surface area contributed by atoms with Crippen molar-refractivity contribution in [2.24, 2.45) is 0 Å². The molecule has 0 amide bonds. The smallest absolute Gasteiger partial charge is 0.151 e. The quantitative estimate of drug-likeness (QED) is 0.702. The number of aliphatic hydroxyl groups is 1. The van der Waals surface area contributed by atoms with Gasteiger partial charge in [0.1, 0.15) is 5.82 Å². The lowest BCUT2D eigenvalue weighted by Gasteiger charge is -2.05. The Morgan fingerprint density at radius 1 is 1.29 bits per heavy atom. The summed E-state index contributed by atoms with van der Waals surface area (Å²) in [7, 11) is 0. The van der Waals surface area contributed by atoms with Gasteiger partial charge in [0, 0.05) is 19.5 Å². The number of aryl methyl sites for hydroxylation is 1. The van der Waals surface area contributed by atoms with Gasteiger partial charge in [-0.05, 0) is 17.5 Å². The van der Waals surface area contributed by atoms with Gasteiger partial charge in [-0.25, -0.2) is 4.98 Å². The fraction of sp³-hybridized carbons (Fsp3) is 0.438. The van der Waals surface area contributed by atoms with Crippen molar-refractivity contribution >= 4 is 11.6 Å². The SMILES string of the molecule is CCCCc1nc(Cl)c(CNCc2cccc(CO)c2)[nH]1. The first-order valence-corrected chi connectivity index (χ1v) is 7.73. The van der Waals surface area contributed by atoms with Crippen LogP contribution in [0.4, 0.5) is 0 Å². The van der Waals surface area contributed by atoms with E-state index in [1.54, 1.807) is 0 Å². The van der Waals surface area contributed by atoms with E-state index in [4.69, 9.17) is 16.7 Å². The fourth-order valence-electron chi connectivity index (χ4n) is 2.19. The lowest BCUT2D eigenvalue weighted by molar-refractivity contribution is 0.281. The van der Waals surface area contributed by atoms with E-state index in [-0.39, 0.29) is 6.61 Å². The van der Waals surface area contributed by atoms with Gasteiger partial charge in [-0.2, -0.15) is 0 Å². The van der Waals surface area contributed by atoms with E-state index in [1.165, 1.54) is 0 Å². The largest absolute Gasteiger partial charge is 0.392 e. The molecule has 0 fully saturated rings. The first-order chi connectivity index (χ1) is 10.2. The number of benzene rings is 1. The van der Waals surface area contributed by atoms with Crippen LogP contribution < -0.4 is 5.32 Å². The van der Waals surface area contributed by atoms with Gasteiger partial charge in [-0.1, -0.05) is 49.2 Å². The Balaban J connectivity index is 1.86. The minimum Gasteiger partial charge on any atom is -0.392 e. The predicted molar refractivity (Wildman–Crippen MR) is 85.1 cm³/mol. The number of hydrogen-bond acceptors (Lipinski definition) is 3. The summed E-state index contributed by atoms with van der Waals surface area (Å²) in [5.41, 5.74) is 3.00. The molecule has 0 aliphatic heterocycles. The molecule has 3 N–H and O–H groups in total. The molecule has 0 aliphatic rings. The molecule has 2 rings (SSSR count).